The number of rotatable bonds is 3. The average Bonchev–Trinajstić information content (AvgIpc) is 3.28. The van der Waals surface area contributed by atoms with E-state index in [1.165, 1.54) is 0 Å². The molecule has 0 N–H and O–H groups in total. The minimum absolute atomic E-state index is 0.105. The molecule has 3 aliphatic rings. The second-order valence-corrected chi connectivity index (χ2v) is 11.7. The van der Waals surface area contributed by atoms with E-state index in [1.807, 2.05) is 63.8 Å². The number of thiazole rings is 1. The van der Waals surface area contributed by atoms with Gasteiger partial charge in [-0.1, -0.05) is 23.5 Å². The Kier molecular flexibility index (Phi) is 6.21. The van der Waals surface area contributed by atoms with Gasteiger partial charge in [0.1, 0.15) is 5.60 Å². The molecule has 2 aromatic heterocycles. The molecule has 0 saturated carbocycles. The molecule has 2 atom stereocenters. The first-order valence-electron chi connectivity index (χ1n) is 12.3. The number of hydrogen-bond acceptors (Lipinski definition) is 7. The molecular formula is C28H31N5O2S. The van der Waals surface area contributed by atoms with Crippen LogP contribution >= 0.6 is 11.3 Å². The van der Waals surface area contributed by atoms with Crippen molar-refractivity contribution in [2.75, 3.05) is 18.0 Å². The zero-order valence-electron chi connectivity index (χ0n) is 21.4. The fourth-order valence-corrected chi connectivity index (χ4v) is 6.29. The molecule has 1 aromatic carbocycles. The molecule has 1 amide bonds. The molecule has 3 aromatic rings. The van der Waals surface area contributed by atoms with Gasteiger partial charge in [-0.25, -0.2) is 9.78 Å². The van der Waals surface area contributed by atoms with Crippen molar-refractivity contribution in [1.29, 1.82) is 5.26 Å². The first-order chi connectivity index (χ1) is 17.1. The van der Waals surface area contributed by atoms with Crippen molar-refractivity contribution >= 4 is 22.6 Å². The van der Waals surface area contributed by atoms with E-state index in [-0.39, 0.29) is 18.2 Å². The highest BCUT2D eigenvalue weighted by Gasteiger charge is 2.43. The van der Waals surface area contributed by atoms with Crippen LogP contribution in [0.1, 0.15) is 50.6 Å². The highest BCUT2D eigenvalue weighted by molar-refractivity contribution is 7.19. The standard InChI is InChI=1S/C28H31N5O2S/c1-17-11-21(12-18(2)30-17)25-24(20-8-6-7-19(13-20)14-29)31-26(36-25)32-15-23-10-9-22(32)16-33(23)27(34)35-28(3,4)5/h6-8,11-13,22-23H,9-10,15-16H2,1-5H3/t22-,23-/m1/s1. The summed E-state index contributed by atoms with van der Waals surface area (Å²) < 4.78 is 5.68. The number of benzene rings is 1. The largest absolute Gasteiger partial charge is 0.444 e. The molecule has 8 heteroatoms. The number of piperazine rings is 1. The predicted molar refractivity (Wildman–Crippen MR) is 142 cm³/mol. The van der Waals surface area contributed by atoms with Gasteiger partial charge < -0.3 is 14.5 Å². The molecule has 0 radical (unpaired) electrons. The summed E-state index contributed by atoms with van der Waals surface area (Å²) in [6.45, 7) is 11.1. The molecule has 0 spiro atoms. The predicted octanol–water partition coefficient (Wildman–Crippen LogP) is 5.95. The molecule has 5 heterocycles. The van der Waals surface area contributed by atoms with E-state index in [0.29, 0.717) is 12.1 Å². The summed E-state index contributed by atoms with van der Waals surface area (Å²) in [7, 11) is 0. The van der Waals surface area contributed by atoms with Crippen LogP contribution in [0.3, 0.4) is 0 Å². The number of piperidine rings is 2. The van der Waals surface area contributed by atoms with Gasteiger partial charge in [0.05, 0.1) is 28.2 Å². The topological polar surface area (TPSA) is 82.4 Å². The average molecular weight is 502 g/mol. The molecule has 0 aliphatic carbocycles. The molecule has 36 heavy (non-hydrogen) atoms. The molecule has 186 valence electrons. The van der Waals surface area contributed by atoms with Crippen molar-refractivity contribution in [3.63, 3.8) is 0 Å². The van der Waals surface area contributed by atoms with E-state index in [9.17, 15) is 10.1 Å². The van der Waals surface area contributed by atoms with Gasteiger partial charge in [-0.05, 0) is 77.3 Å². The van der Waals surface area contributed by atoms with Gasteiger partial charge in [0.15, 0.2) is 5.13 Å². The van der Waals surface area contributed by atoms with Gasteiger partial charge in [0.2, 0.25) is 0 Å². The number of aromatic nitrogens is 2. The maximum Gasteiger partial charge on any atom is 0.410 e. The number of hydrogen-bond donors (Lipinski definition) is 0. The number of nitriles is 1. The number of anilines is 1. The van der Waals surface area contributed by atoms with E-state index in [1.54, 1.807) is 11.3 Å². The SMILES string of the molecule is Cc1cc(-c2sc(N3C[C@H]4CC[C@@H]3CN4C(=O)OC(C)(C)C)nc2-c2cccc(C#N)c2)cc(C)n1. The minimum atomic E-state index is -0.509. The molecule has 3 fully saturated rings. The van der Waals surface area contributed by atoms with Crippen LogP contribution in [0.4, 0.5) is 9.93 Å². The van der Waals surface area contributed by atoms with Gasteiger partial charge >= 0.3 is 6.09 Å². The van der Waals surface area contributed by atoms with Gasteiger partial charge in [-0.15, -0.1) is 0 Å². The van der Waals surface area contributed by atoms with Crippen LogP contribution in [-0.2, 0) is 4.74 Å². The Labute approximate surface area is 216 Å². The van der Waals surface area contributed by atoms with E-state index < -0.39 is 5.60 Å². The first kappa shape index (κ1) is 24.3. The van der Waals surface area contributed by atoms with Gasteiger partial charge in [0, 0.05) is 36.1 Å². The quantitative estimate of drug-likeness (QED) is 0.441. The van der Waals surface area contributed by atoms with E-state index in [2.05, 4.69) is 28.1 Å². The molecule has 2 bridgehead atoms. The number of carbonyl (C=O) groups excluding carboxylic acids is 1. The lowest BCUT2D eigenvalue weighted by atomic mass is 9.91. The number of pyridine rings is 1. The van der Waals surface area contributed by atoms with E-state index in [0.717, 1.165) is 57.6 Å². The zero-order chi connectivity index (χ0) is 25.6. The van der Waals surface area contributed by atoms with Crippen molar-refractivity contribution in [2.45, 2.75) is 65.1 Å². The first-order valence-corrected chi connectivity index (χ1v) is 13.2. The number of fused-ring (bicyclic) bond motifs is 3. The normalized spacial score (nSPS) is 19.3. The van der Waals surface area contributed by atoms with Crippen LogP contribution < -0.4 is 4.90 Å². The summed E-state index contributed by atoms with van der Waals surface area (Å²) in [6, 6.07) is 14.4. The fourth-order valence-electron chi connectivity index (χ4n) is 5.13. The van der Waals surface area contributed by atoms with Crippen molar-refractivity contribution in [2.24, 2.45) is 0 Å². The van der Waals surface area contributed by atoms with Crippen LogP contribution in [0.15, 0.2) is 36.4 Å². The summed E-state index contributed by atoms with van der Waals surface area (Å²) in [5.74, 6) is 0. The zero-order valence-corrected chi connectivity index (χ0v) is 22.2. The minimum Gasteiger partial charge on any atom is -0.444 e. The molecular weight excluding hydrogens is 470 g/mol. The van der Waals surface area contributed by atoms with Crippen molar-refractivity contribution in [1.82, 2.24) is 14.9 Å². The third kappa shape index (κ3) is 4.80. The Morgan fingerprint density at radius 3 is 2.42 bits per heavy atom. The van der Waals surface area contributed by atoms with E-state index in [4.69, 9.17) is 9.72 Å². The Morgan fingerprint density at radius 1 is 1.06 bits per heavy atom. The highest BCUT2D eigenvalue weighted by atomic mass is 32.1. The van der Waals surface area contributed by atoms with Crippen LogP contribution in [0.5, 0.6) is 0 Å². The highest BCUT2D eigenvalue weighted by Crippen LogP contribution is 2.43. The molecule has 3 saturated heterocycles. The van der Waals surface area contributed by atoms with Gasteiger partial charge in [0.25, 0.3) is 0 Å². The second-order valence-electron chi connectivity index (χ2n) is 10.7. The third-order valence-electron chi connectivity index (χ3n) is 6.63. The summed E-state index contributed by atoms with van der Waals surface area (Å²) >= 11 is 1.67. The lowest BCUT2D eigenvalue weighted by Crippen LogP contribution is -2.64. The third-order valence-corrected chi connectivity index (χ3v) is 7.77. The van der Waals surface area contributed by atoms with E-state index >= 15 is 0 Å². The maximum atomic E-state index is 12.8. The number of amides is 1. The number of carbonyl (C=O) groups is 1. The van der Waals surface area contributed by atoms with Gasteiger partial charge in [-0.3, -0.25) is 4.98 Å². The van der Waals surface area contributed by atoms with Crippen LogP contribution in [0.25, 0.3) is 21.7 Å². The maximum absolute atomic E-state index is 12.8. The Hall–Kier alpha value is -3.44. The molecule has 7 nitrogen and oxygen atoms in total. The summed E-state index contributed by atoms with van der Waals surface area (Å²) in [5, 5.41) is 10.4. The molecule has 0 unspecified atom stereocenters. The smallest absolute Gasteiger partial charge is 0.410 e. The van der Waals surface area contributed by atoms with Crippen molar-refractivity contribution in [3.8, 4) is 27.8 Å². The Bertz CT molecular complexity index is 1330. The monoisotopic (exact) mass is 501 g/mol. The second kappa shape index (κ2) is 9.21. The lowest BCUT2D eigenvalue weighted by Gasteiger charge is -2.51. The van der Waals surface area contributed by atoms with Gasteiger partial charge in [-0.2, -0.15) is 5.26 Å². The fraction of sp³-hybridized carbons (Fsp3) is 0.429. The summed E-state index contributed by atoms with van der Waals surface area (Å²) in [6.07, 6.45) is 1.76. The van der Waals surface area contributed by atoms with Crippen LogP contribution in [-0.4, -0.2) is 51.7 Å². The molecule has 6 rings (SSSR count). The summed E-state index contributed by atoms with van der Waals surface area (Å²) in [5.41, 5.74) is 4.91. The summed E-state index contributed by atoms with van der Waals surface area (Å²) in [4.78, 5) is 27.9. The van der Waals surface area contributed by atoms with Crippen LogP contribution in [0, 0.1) is 25.2 Å². The number of aryl methyl sites for hydroxylation is 2. The molecule has 3 aliphatic heterocycles. The van der Waals surface area contributed by atoms with Crippen molar-refractivity contribution < 1.29 is 9.53 Å². The lowest BCUT2D eigenvalue weighted by molar-refractivity contribution is 0.000881. The number of nitrogens with zero attached hydrogens (tertiary/aromatic N) is 5. The van der Waals surface area contributed by atoms with Crippen LogP contribution in [0.2, 0.25) is 0 Å². The Balaban J connectivity index is 1.51. The number of ether oxygens (including phenoxy) is 1. The van der Waals surface area contributed by atoms with Crippen molar-refractivity contribution in [3.05, 3.63) is 53.3 Å². The Morgan fingerprint density at radius 2 is 1.78 bits per heavy atom.